The highest BCUT2D eigenvalue weighted by atomic mass is 19.1. The Morgan fingerprint density at radius 2 is 2.12 bits per heavy atom. The molecule has 86 valence electrons. The van der Waals surface area contributed by atoms with Gasteiger partial charge in [0.1, 0.15) is 11.6 Å². The van der Waals surface area contributed by atoms with Crippen LogP contribution in [0.4, 0.5) is 4.39 Å². The lowest BCUT2D eigenvalue weighted by Gasteiger charge is -2.11. The molecule has 0 unspecified atom stereocenters. The van der Waals surface area contributed by atoms with Crippen molar-refractivity contribution in [1.82, 2.24) is 9.55 Å². The van der Waals surface area contributed by atoms with Crippen LogP contribution in [0.3, 0.4) is 0 Å². The van der Waals surface area contributed by atoms with Gasteiger partial charge < -0.3 is 10.3 Å². The minimum Gasteiger partial charge on any atom is -0.324 e. The Morgan fingerprint density at radius 1 is 1.44 bits per heavy atom. The summed E-state index contributed by atoms with van der Waals surface area (Å²) in [5.74, 6) is 0.605. The van der Waals surface area contributed by atoms with Crippen LogP contribution in [0.2, 0.25) is 0 Å². The van der Waals surface area contributed by atoms with Crippen molar-refractivity contribution in [2.24, 2.45) is 5.73 Å². The van der Waals surface area contributed by atoms with Gasteiger partial charge in [-0.1, -0.05) is 0 Å². The third-order valence-electron chi connectivity index (χ3n) is 2.74. The lowest BCUT2D eigenvalue weighted by molar-refractivity contribution is 0.581. The van der Waals surface area contributed by atoms with Gasteiger partial charge in [0.2, 0.25) is 0 Å². The first-order chi connectivity index (χ1) is 7.54. The fraction of sp³-hybridized carbons (Fsp3) is 0.417. The van der Waals surface area contributed by atoms with Crippen molar-refractivity contribution in [2.45, 2.75) is 33.4 Å². The molecule has 0 spiro atoms. The van der Waals surface area contributed by atoms with E-state index in [1.165, 1.54) is 6.07 Å². The number of aromatic nitrogens is 2. The highest BCUT2D eigenvalue weighted by molar-refractivity contribution is 5.77. The molecule has 16 heavy (non-hydrogen) atoms. The largest absolute Gasteiger partial charge is 0.324 e. The van der Waals surface area contributed by atoms with Crippen molar-refractivity contribution < 1.29 is 4.39 Å². The minimum absolute atomic E-state index is 0.196. The van der Waals surface area contributed by atoms with Gasteiger partial charge in [-0.05, 0) is 32.4 Å². The predicted molar refractivity (Wildman–Crippen MR) is 62.7 cm³/mol. The molecule has 0 aliphatic carbocycles. The number of benzene rings is 1. The number of fused-ring (bicyclic) bond motifs is 1. The van der Waals surface area contributed by atoms with E-state index in [0.29, 0.717) is 12.1 Å². The van der Waals surface area contributed by atoms with Crippen molar-refractivity contribution >= 4 is 11.0 Å². The number of nitrogens with zero attached hydrogens (tertiary/aromatic N) is 2. The fourth-order valence-electron chi connectivity index (χ4n) is 1.99. The van der Waals surface area contributed by atoms with E-state index in [9.17, 15) is 4.39 Å². The standard InChI is InChI=1S/C12H16FN3/c1-7(2)16-11-5-9(13)8(3)4-10(11)15-12(16)6-14/h4-5,7H,6,14H2,1-3H3. The van der Waals surface area contributed by atoms with E-state index in [4.69, 9.17) is 5.73 Å². The van der Waals surface area contributed by atoms with E-state index >= 15 is 0 Å². The summed E-state index contributed by atoms with van der Waals surface area (Å²) >= 11 is 0. The number of aryl methyl sites for hydroxylation is 1. The fourth-order valence-corrected chi connectivity index (χ4v) is 1.99. The van der Waals surface area contributed by atoms with E-state index in [1.54, 1.807) is 13.0 Å². The molecular formula is C12H16FN3. The molecule has 0 amide bonds. The summed E-state index contributed by atoms with van der Waals surface area (Å²) in [6, 6.07) is 3.53. The number of rotatable bonds is 2. The zero-order valence-corrected chi connectivity index (χ0v) is 9.79. The molecule has 2 rings (SSSR count). The molecule has 0 aliphatic rings. The molecule has 0 bridgehead atoms. The Bertz CT molecular complexity index is 529. The van der Waals surface area contributed by atoms with Crippen molar-refractivity contribution in [1.29, 1.82) is 0 Å². The molecule has 0 saturated carbocycles. The molecule has 3 nitrogen and oxygen atoms in total. The van der Waals surface area contributed by atoms with Crippen molar-refractivity contribution in [3.05, 3.63) is 29.3 Å². The lowest BCUT2D eigenvalue weighted by Crippen LogP contribution is -2.10. The van der Waals surface area contributed by atoms with Gasteiger partial charge in [0.25, 0.3) is 0 Å². The minimum atomic E-state index is -0.196. The maximum atomic E-state index is 13.5. The van der Waals surface area contributed by atoms with Crippen LogP contribution in [0.1, 0.15) is 31.3 Å². The van der Waals surface area contributed by atoms with Gasteiger partial charge in [-0.2, -0.15) is 0 Å². The SMILES string of the molecule is Cc1cc2nc(CN)n(C(C)C)c2cc1F. The Morgan fingerprint density at radius 3 is 2.69 bits per heavy atom. The number of imidazole rings is 1. The van der Waals surface area contributed by atoms with Crippen LogP contribution in [0.5, 0.6) is 0 Å². The van der Waals surface area contributed by atoms with Gasteiger partial charge in [-0.15, -0.1) is 0 Å². The number of halogens is 1. The monoisotopic (exact) mass is 221 g/mol. The molecule has 1 heterocycles. The molecule has 0 fully saturated rings. The van der Waals surface area contributed by atoms with Crippen LogP contribution < -0.4 is 5.73 Å². The number of hydrogen-bond donors (Lipinski definition) is 1. The molecular weight excluding hydrogens is 205 g/mol. The van der Waals surface area contributed by atoms with Gasteiger partial charge in [-0.3, -0.25) is 0 Å². The lowest BCUT2D eigenvalue weighted by atomic mass is 10.2. The molecule has 0 atom stereocenters. The van der Waals surface area contributed by atoms with Crippen LogP contribution in [0.25, 0.3) is 11.0 Å². The summed E-state index contributed by atoms with van der Waals surface area (Å²) in [6.07, 6.45) is 0. The first-order valence-corrected chi connectivity index (χ1v) is 5.41. The molecule has 0 aliphatic heterocycles. The van der Waals surface area contributed by atoms with Crippen molar-refractivity contribution in [2.75, 3.05) is 0 Å². The summed E-state index contributed by atoms with van der Waals surface area (Å²) < 4.78 is 15.5. The number of hydrogen-bond acceptors (Lipinski definition) is 2. The maximum absolute atomic E-state index is 13.5. The second-order valence-electron chi connectivity index (χ2n) is 4.29. The van der Waals surface area contributed by atoms with E-state index in [1.807, 2.05) is 18.4 Å². The van der Waals surface area contributed by atoms with Crippen LogP contribution >= 0.6 is 0 Å². The Kier molecular flexibility index (Phi) is 2.68. The first kappa shape index (κ1) is 11.1. The molecule has 0 radical (unpaired) electrons. The van der Waals surface area contributed by atoms with Crippen molar-refractivity contribution in [3.8, 4) is 0 Å². The third-order valence-corrected chi connectivity index (χ3v) is 2.74. The summed E-state index contributed by atoms with van der Waals surface area (Å²) in [7, 11) is 0. The van der Waals surface area contributed by atoms with Crippen LogP contribution in [-0.2, 0) is 6.54 Å². The zero-order valence-electron chi connectivity index (χ0n) is 9.79. The molecule has 0 saturated heterocycles. The summed E-state index contributed by atoms with van der Waals surface area (Å²) in [5.41, 5.74) is 7.90. The highest BCUT2D eigenvalue weighted by Gasteiger charge is 2.13. The van der Waals surface area contributed by atoms with Crippen LogP contribution in [0, 0.1) is 12.7 Å². The molecule has 2 N–H and O–H groups in total. The summed E-state index contributed by atoms with van der Waals surface area (Å²) in [5, 5.41) is 0. The zero-order chi connectivity index (χ0) is 11.9. The van der Waals surface area contributed by atoms with Gasteiger partial charge in [-0.25, -0.2) is 9.37 Å². The number of nitrogens with two attached hydrogens (primary N) is 1. The van der Waals surface area contributed by atoms with Crippen LogP contribution in [0.15, 0.2) is 12.1 Å². The normalized spacial score (nSPS) is 11.6. The molecule has 4 heteroatoms. The average Bonchev–Trinajstić information content (AvgIpc) is 2.56. The Balaban J connectivity index is 2.79. The van der Waals surface area contributed by atoms with Gasteiger partial charge in [0.05, 0.1) is 17.6 Å². The van der Waals surface area contributed by atoms with E-state index in [0.717, 1.165) is 16.9 Å². The molecule has 2 aromatic rings. The Hall–Kier alpha value is -1.42. The second kappa shape index (κ2) is 3.87. The second-order valence-corrected chi connectivity index (χ2v) is 4.29. The first-order valence-electron chi connectivity index (χ1n) is 5.41. The van der Waals surface area contributed by atoms with Crippen molar-refractivity contribution in [3.63, 3.8) is 0 Å². The molecule has 1 aromatic carbocycles. The van der Waals surface area contributed by atoms with E-state index in [2.05, 4.69) is 4.98 Å². The summed E-state index contributed by atoms with van der Waals surface area (Å²) in [4.78, 5) is 4.43. The van der Waals surface area contributed by atoms with Gasteiger partial charge in [0, 0.05) is 12.1 Å². The third kappa shape index (κ3) is 1.59. The van der Waals surface area contributed by atoms with Gasteiger partial charge >= 0.3 is 0 Å². The Labute approximate surface area is 94.1 Å². The smallest absolute Gasteiger partial charge is 0.128 e. The van der Waals surface area contributed by atoms with Gasteiger partial charge in [0.15, 0.2) is 0 Å². The van der Waals surface area contributed by atoms with E-state index < -0.39 is 0 Å². The predicted octanol–water partition coefficient (Wildman–Crippen LogP) is 2.52. The highest BCUT2D eigenvalue weighted by Crippen LogP contribution is 2.23. The quantitative estimate of drug-likeness (QED) is 0.846. The van der Waals surface area contributed by atoms with E-state index in [-0.39, 0.29) is 11.9 Å². The topological polar surface area (TPSA) is 43.8 Å². The average molecular weight is 221 g/mol. The maximum Gasteiger partial charge on any atom is 0.128 e. The molecule has 1 aromatic heterocycles. The van der Waals surface area contributed by atoms with Crippen LogP contribution in [-0.4, -0.2) is 9.55 Å². The summed E-state index contributed by atoms with van der Waals surface area (Å²) in [6.45, 7) is 6.19.